The molecule has 2 aromatic heterocycles. The second-order valence-corrected chi connectivity index (χ2v) is 10.1. The molecule has 0 bridgehead atoms. The Hall–Kier alpha value is -5.15. The lowest BCUT2D eigenvalue weighted by Gasteiger charge is -2.17. The summed E-state index contributed by atoms with van der Waals surface area (Å²) in [5.74, 6) is -1.93. The zero-order chi connectivity index (χ0) is 33.5. The fourth-order valence-electron chi connectivity index (χ4n) is 4.47. The standard InChI is InChI=1S/C29H31F4N5O7/c1-36(2)23(39)9-5-4-7-21(35-27(42)45-3)25(40)34-22-8-6-12-37(26(22)41)16-20-15-18-14-19(30)13-17(10-11-29(31,32)33)24(18)38(20)28(43)44/h5-6,8-9,12-15,21H,4,7,10-11,16H2,1-3H3,(H,34,40)(H,35,42)(H,43,44). The Morgan fingerprint density at radius 2 is 1.87 bits per heavy atom. The van der Waals surface area contributed by atoms with Crippen molar-refractivity contribution in [1.82, 2.24) is 19.4 Å². The number of methoxy groups -OCH3 is 1. The molecule has 3 rings (SSSR count). The summed E-state index contributed by atoms with van der Waals surface area (Å²) in [5, 5.41) is 14.7. The summed E-state index contributed by atoms with van der Waals surface area (Å²) < 4.78 is 59.3. The number of anilines is 1. The van der Waals surface area contributed by atoms with Crippen molar-refractivity contribution in [2.75, 3.05) is 26.5 Å². The molecule has 1 atom stereocenters. The molecule has 0 aliphatic rings. The molecule has 0 saturated heterocycles. The van der Waals surface area contributed by atoms with E-state index in [2.05, 4.69) is 15.4 Å². The number of pyridine rings is 1. The zero-order valence-corrected chi connectivity index (χ0v) is 24.5. The van der Waals surface area contributed by atoms with E-state index in [1.54, 1.807) is 14.1 Å². The molecule has 1 aromatic carbocycles. The number of carboxylic acid groups (broad SMARTS) is 1. The lowest BCUT2D eigenvalue weighted by molar-refractivity contribution is -0.134. The Morgan fingerprint density at radius 1 is 1.16 bits per heavy atom. The summed E-state index contributed by atoms with van der Waals surface area (Å²) in [6.07, 6.45) is -4.67. The second-order valence-electron chi connectivity index (χ2n) is 10.1. The van der Waals surface area contributed by atoms with Crippen molar-refractivity contribution < 1.29 is 46.6 Å². The number of carbonyl (C=O) groups excluding carboxylic acids is 3. The summed E-state index contributed by atoms with van der Waals surface area (Å²) >= 11 is 0. The van der Waals surface area contributed by atoms with E-state index < -0.39 is 61.1 Å². The molecule has 3 N–H and O–H groups in total. The van der Waals surface area contributed by atoms with E-state index in [0.29, 0.717) is 4.57 Å². The summed E-state index contributed by atoms with van der Waals surface area (Å²) in [6.45, 7) is -0.404. The SMILES string of the molecule is COC(=O)NC(CCC=CC(=O)N(C)C)C(=O)Nc1cccn(Cc2cc3cc(F)cc(CCC(F)(F)F)c3n2C(=O)O)c1=O. The third-order valence-electron chi connectivity index (χ3n) is 6.61. The largest absolute Gasteiger partial charge is 0.464 e. The van der Waals surface area contributed by atoms with Crippen molar-refractivity contribution in [3.05, 3.63) is 76.1 Å². The number of carbonyl (C=O) groups is 4. The maximum atomic E-state index is 14.3. The number of likely N-dealkylation sites (N-methyl/N-ethyl adjacent to an activating group) is 1. The van der Waals surface area contributed by atoms with Crippen molar-refractivity contribution in [3.8, 4) is 0 Å². The van der Waals surface area contributed by atoms with Gasteiger partial charge in [0.05, 0.1) is 24.9 Å². The van der Waals surface area contributed by atoms with Crippen molar-refractivity contribution in [3.63, 3.8) is 0 Å². The fourth-order valence-corrected chi connectivity index (χ4v) is 4.47. The monoisotopic (exact) mass is 637 g/mol. The summed E-state index contributed by atoms with van der Waals surface area (Å²) in [5.41, 5.74) is -1.36. The molecule has 16 heteroatoms. The highest BCUT2D eigenvalue weighted by molar-refractivity contribution is 5.96. The number of aromatic nitrogens is 2. The number of alkyl halides is 3. The van der Waals surface area contributed by atoms with Crippen LogP contribution in [0.15, 0.2) is 53.5 Å². The van der Waals surface area contributed by atoms with E-state index in [1.807, 2.05) is 0 Å². The molecule has 0 aliphatic carbocycles. The molecule has 1 unspecified atom stereocenters. The van der Waals surface area contributed by atoms with Gasteiger partial charge in [0, 0.05) is 32.1 Å². The van der Waals surface area contributed by atoms with Crippen LogP contribution in [0.4, 0.5) is 32.8 Å². The minimum Gasteiger partial charge on any atom is -0.464 e. The summed E-state index contributed by atoms with van der Waals surface area (Å²) in [4.78, 5) is 63.5. The van der Waals surface area contributed by atoms with Crippen molar-refractivity contribution in [2.45, 2.75) is 44.4 Å². The Kier molecular flexibility index (Phi) is 11.1. The maximum Gasteiger partial charge on any atom is 0.416 e. The predicted octanol–water partition coefficient (Wildman–Crippen LogP) is 4.10. The Balaban J connectivity index is 1.90. The van der Waals surface area contributed by atoms with Gasteiger partial charge in [0.1, 0.15) is 17.5 Å². The van der Waals surface area contributed by atoms with Gasteiger partial charge in [-0.25, -0.2) is 18.5 Å². The van der Waals surface area contributed by atoms with Crippen LogP contribution in [0.5, 0.6) is 0 Å². The third-order valence-corrected chi connectivity index (χ3v) is 6.61. The number of amides is 3. The number of ether oxygens (including phenoxy) is 1. The van der Waals surface area contributed by atoms with E-state index in [-0.39, 0.29) is 46.6 Å². The van der Waals surface area contributed by atoms with Gasteiger partial charge in [-0.2, -0.15) is 13.2 Å². The first-order chi connectivity index (χ1) is 21.1. The van der Waals surface area contributed by atoms with Gasteiger partial charge in [-0.3, -0.25) is 14.4 Å². The molecule has 0 radical (unpaired) electrons. The number of benzene rings is 1. The van der Waals surface area contributed by atoms with Crippen molar-refractivity contribution >= 4 is 40.6 Å². The number of rotatable bonds is 11. The molecule has 3 aromatic rings. The highest BCUT2D eigenvalue weighted by atomic mass is 19.4. The van der Waals surface area contributed by atoms with E-state index in [0.717, 1.165) is 23.8 Å². The van der Waals surface area contributed by atoms with Crippen molar-refractivity contribution in [2.24, 2.45) is 0 Å². The molecule has 3 amide bonds. The number of alkyl carbamates (subject to hydrolysis) is 1. The van der Waals surface area contributed by atoms with E-state index in [1.165, 1.54) is 41.4 Å². The van der Waals surface area contributed by atoms with Gasteiger partial charge in [-0.15, -0.1) is 0 Å². The topological polar surface area (TPSA) is 152 Å². The molecular weight excluding hydrogens is 606 g/mol. The smallest absolute Gasteiger partial charge is 0.416 e. The van der Waals surface area contributed by atoms with Gasteiger partial charge in [0.25, 0.3) is 5.56 Å². The lowest BCUT2D eigenvalue weighted by atomic mass is 10.1. The number of fused-ring (bicyclic) bond motifs is 1. The van der Waals surface area contributed by atoms with Gasteiger partial charge < -0.3 is 29.9 Å². The van der Waals surface area contributed by atoms with E-state index >= 15 is 0 Å². The minimum atomic E-state index is -4.56. The van der Waals surface area contributed by atoms with Crippen LogP contribution in [0.2, 0.25) is 0 Å². The first-order valence-corrected chi connectivity index (χ1v) is 13.5. The minimum absolute atomic E-state index is 0.0279. The van der Waals surface area contributed by atoms with Gasteiger partial charge in [-0.05, 0) is 61.2 Å². The highest BCUT2D eigenvalue weighted by Gasteiger charge is 2.28. The van der Waals surface area contributed by atoms with Crippen LogP contribution in [0.25, 0.3) is 10.9 Å². The molecule has 0 aliphatic heterocycles. The molecule has 0 saturated carbocycles. The molecule has 45 heavy (non-hydrogen) atoms. The number of allylic oxidation sites excluding steroid dienone is 1. The first kappa shape index (κ1) is 34.3. The fraction of sp³-hybridized carbons (Fsp3) is 0.345. The third kappa shape index (κ3) is 9.17. The maximum absolute atomic E-state index is 14.3. The number of hydrogen-bond donors (Lipinski definition) is 3. The van der Waals surface area contributed by atoms with Crippen LogP contribution >= 0.6 is 0 Å². The second kappa shape index (κ2) is 14.5. The normalized spacial score (nSPS) is 12.2. The van der Waals surface area contributed by atoms with Gasteiger partial charge in [0.2, 0.25) is 11.8 Å². The Bertz CT molecular complexity index is 1680. The summed E-state index contributed by atoms with van der Waals surface area (Å²) in [6, 6.07) is 4.57. The van der Waals surface area contributed by atoms with Gasteiger partial charge in [0.15, 0.2) is 0 Å². The Labute approximate surface area is 253 Å². The van der Waals surface area contributed by atoms with Gasteiger partial charge in [-0.1, -0.05) is 6.08 Å². The number of halogens is 4. The summed E-state index contributed by atoms with van der Waals surface area (Å²) in [7, 11) is 4.22. The van der Waals surface area contributed by atoms with Crippen LogP contribution < -0.4 is 16.2 Å². The molecule has 242 valence electrons. The molecular formula is C29H31F4N5O7. The van der Waals surface area contributed by atoms with Crippen LogP contribution in [-0.4, -0.2) is 76.6 Å². The molecule has 12 nitrogen and oxygen atoms in total. The van der Waals surface area contributed by atoms with Crippen LogP contribution in [0, 0.1) is 5.82 Å². The van der Waals surface area contributed by atoms with Crippen LogP contribution in [0.1, 0.15) is 30.5 Å². The average Bonchev–Trinajstić information content (AvgIpc) is 3.32. The highest BCUT2D eigenvalue weighted by Crippen LogP contribution is 2.29. The average molecular weight is 638 g/mol. The lowest BCUT2D eigenvalue weighted by Crippen LogP contribution is -2.44. The number of nitrogens with zero attached hydrogens (tertiary/aromatic N) is 3. The van der Waals surface area contributed by atoms with Crippen LogP contribution in [-0.2, 0) is 27.3 Å². The van der Waals surface area contributed by atoms with E-state index in [9.17, 15) is 46.6 Å². The predicted molar refractivity (Wildman–Crippen MR) is 155 cm³/mol. The van der Waals surface area contributed by atoms with Gasteiger partial charge >= 0.3 is 18.4 Å². The molecule has 0 fully saturated rings. The zero-order valence-electron chi connectivity index (χ0n) is 24.5. The quantitative estimate of drug-likeness (QED) is 0.212. The van der Waals surface area contributed by atoms with E-state index in [4.69, 9.17) is 0 Å². The van der Waals surface area contributed by atoms with Crippen LogP contribution in [0.3, 0.4) is 0 Å². The Morgan fingerprint density at radius 3 is 2.49 bits per heavy atom. The number of hydrogen-bond acceptors (Lipinski definition) is 6. The molecule has 2 heterocycles. The molecule has 0 spiro atoms. The first-order valence-electron chi connectivity index (χ1n) is 13.5. The van der Waals surface area contributed by atoms with Crippen molar-refractivity contribution in [1.29, 1.82) is 0 Å². The number of aryl methyl sites for hydroxylation is 1. The number of nitrogens with one attached hydrogen (secondary N) is 2.